The lowest BCUT2D eigenvalue weighted by Crippen LogP contribution is -2.23. The molecule has 1 aromatic heterocycles. The Morgan fingerprint density at radius 3 is 2.84 bits per heavy atom. The van der Waals surface area contributed by atoms with E-state index < -0.39 is 0 Å². The van der Waals surface area contributed by atoms with Crippen LogP contribution in [0, 0.1) is 0 Å². The average molecular weight is 345 g/mol. The van der Waals surface area contributed by atoms with Crippen molar-refractivity contribution in [1.82, 2.24) is 14.5 Å². The minimum Gasteiger partial charge on any atom is -0.493 e. The molecular weight excluding hydrogens is 318 g/mol. The number of aromatic nitrogens is 2. The molecule has 6 heteroatoms. The van der Waals surface area contributed by atoms with Crippen molar-refractivity contribution in [3.05, 3.63) is 42.0 Å². The van der Waals surface area contributed by atoms with Crippen molar-refractivity contribution in [3.8, 4) is 11.5 Å². The van der Waals surface area contributed by atoms with Gasteiger partial charge in [-0.05, 0) is 19.0 Å². The maximum Gasteiger partial charge on any atom is 0.164 e. The monoisotopic (exact) mass is 345 g/mol. The number of hydrogen-bond acceptors (Lipinski definition) is 5. The van der Waals surface area contributed by atoms with Crippen LogP contribution in [0.15, 0.2) is 30.6 Å². The first-order valence-corrected chi connectivity index (χ1v) is 8.69. The molecule has 1 unspecified atom stereocenters. The Bertz CT molecular complexity index is 686. The number of imidazole rings is 1. The molecule has 0 N–H and O–H groups in total. The van der Waals surface area contributed by atoms with E-state index in [4.69, 9.17) is 14.2 Å². The van der Waals surface area contributed by atoms with Gasteiger partial charge < -0.3 is 18.8 Å². The van der Waals surface area contributed by atoms with Gasteiger partial charge in [0.2, 0.25) is 0 Å². The molecule has 136 valence electrons. The summed E-state index contributed by atoms with van der Waals surface area (Å²) in [6.07, 6.45) is 5.00. The first-order chi connectivity index (χ1) is 12.3. The molecule has 1 atom stereocenters. The minimum absolute atomic E-state index is 0.451. The predicted molar refractivity (Wildman–Crippen MR) is 96.3 cm³/mol. The van der Waals surface area contributed by atoms with Crippen molar-refractivity contribution in [1.29, 1.82) is 0 Å². The molecule has 2 heterocycles. The fourth-order valence-corrected chi connectivity index (χ4v) is 3.55. The lowest BCUT2D eigenvalue weighted by Gasteiger charge is -2.19. The highest BCUT2D eigenvalue weighted by atomic mass is 16.5. The van der Waals surface area contributed by atoms with Crippen molar-refractivity contribution >= 4 is 0 Å². The van der Waals surface area contributed by atoms with Gasteiger partial charge in [-0.3, -0.25) is 4.90 Å². The summed E-state index contributed by atoms with van der Waals surface area (Å²) in [5.74, 6) is 3.20. The van der Waals surface area contributed by atoms with Crippen LogP contribution >= 0.6 is 0 Å². The fourth-order valence-electron chi connectivity index (χ4n) is 3.55. The smallest absolute Gasteiger partial charge is 0.164 e. The number of benzene rings is 1. The zero-order valence-electron chi connectivity index (χ0n) is 15.3. The molecule has 0 saturated carbocycles. The Hall–Kier alpha value is -2.05. The van der Waals surface area contributed by atoms with E-state index in [1.807, 2.05) is 24.5 Å². The summed E-state index contributed by atoms with van der Waals surface area (Å²) < 4.78 is 18.4. The van der Waals surface area contributed by atoms with E-state index in [-0.39, 0.29) is 0 Å². The summed E-state index contributed by atoms with van der Waals surface area (Å²) in [7, 11) is 5.12. The molecule has 1 aliphatic rings. The Balaban J connectivity index is 1.68. The number of nitrogens with zero attached hydrogens (tertiary/aromatic N) is 3. The predicted octanol–water partition coefficient (Wildman–Crippen LogP) is 2.54. The molecular formula is C19H27N3O3. The van der Waals surface area contributed by atoms with Crippen molar-refractivity contribution in [3.63, 3.8) is 0 Å². The fraction of sp³-hybridized carbons (Fsp3) is 0.526. The first-order valence-electron chi connectivity index (χ1n) is 8.69. The Labute approximate surface area is 149 Å². The number of ether oxygens (including phenoxy) is 3. The van der Waals surface area contributed by atoms with Crippen LogP contribution in [-0.4, -0.2) is 55.5 Å². The van der Waals surface area contributed by atoms with Crippen LogP contribution in [0.1, 0.15) is 23.7 Å². The van der Waals surface area contributed by atoms with Gasteiger partial charge >= 0.3 is 0 Å². The van der Waals surface area contributed by atoms with Crippen LogP contribution in [0.2, 0.25) is 0 Å². The SMILES string of the molecule is COCCn1ccnc1CN1CCC(c2cccc(OC)c2OC)C1. The van der Waals surface area contributed by atoms with E-state index in [0.717, 1.165) is 49.9 Å². The number of hydrogen-bond donors (Lipinski definition) is 0. The second-order valence-electron chi connectivity index (χ2n) is 6.33. The van der Waals surface area contributed by atoms with Gasteiger partial charge in [-0.1, -0.05) is 12.1 Å². The third kappa shape index (κ3) is 3.96. The summed E-state index contributed by atoms with van der Waals surface area (Å²) in [4.78, 5) is 6.97. The number of rotatable bonds is 8. The minimum atomic E-state index is 0.451. The standard InChI is InChI=1S/C19H27N3O3/c1-23-12-11-22-10-8-20-18(22)14-21-9-7-15(13-21)16-5-4-6-17(24-2)19(16)25-3/h4-6,8,10,15H,7,9,11-14H2,1-3H3. The maximum absolute atomic E-state index is 5.61. The molecule has 1 saturated heterocycles. The molecule has 1 aliphatic heterocycles. The molecule has 2 aromatic rings. The van der Waals surface area contributed by atoms with E-state index in [0.29, 0.717) is 12.5 Å². The van der Waals surface area contributed by atoms with Gasteiger partial charge in [0.05, 0.1) is 27.4 Å². The van der Waals surface area contributed by atoms with Gasteiger partial charge in [-0.15, -0.1) is 0 Å². The second-order valence-corrected chi connectivity index (χ2v) is 6.33. The van der Waals surface area contributed by atoms with Crippen LogP contribution in [0.4, 0.5) is 0 Å². The van der Waals surface area contributed by atoms with E-state index >= 15 is 0 Å². The molecule has 0 aliphatic carbocycles. The lowest BCUT2D eigenvalue weighted by molar-refractivity contribution is 0.184. The van der Waals surface area contributed by atoms with E-state index in [9.17, 15) is 0 Å². The van der Waals surface area contributed by atoms with Crippen LogP contribution in [0.5, 0.6) is 11.5 Å². The Morgan fingerprint density at radius 1 is 1.20 bits per heavy atom. The number of para-hydroxylation sites is 1. The van der Waals surface area contributed by atoms with E-state index in [1.54, 1.807) is 21.3 Å². The maximum atomic E-state index is 5.61. The molecule has 0 radical (unpaired) electrons. The van der Waals surface area contributed by atoms with Crippen molar-refractivity contribution in [2.75, 3.05) is 41.0 Å². The largest absolute Gasteiger partial charge is 0.493 e. The van der Waals surface area contributed by atoms with Crippen molar-refractivity contribution < 1.29 is 14.2 Å². The van der Waals surface area contributed by atoms with Gasteiger partial charge in [0, 0.05) is 44.1 Å². The third-order valence-electron chi connectivity index (χ3n) is 4.85. The topological polar surface area (TPSA) is 48.8 Å². The molecule has 25 heavy (non-hydrogen) atoms. The molecule has 0 bridgehead atoms. The van der Waals surface area contributed by atoms with E-state index in [1.165, 1.54) is 5.56 Å². The molecule has 6 nitrogen and oxygen atoms in total. The van der Waals surface area contributed by atoms with Gasteiger partial charge in [0.25, 0.3) is 0 Å². The number of methoxy groups -OCH3 is 3. The highest BCUT2D eigenvalue weighted by Gasteiger charge is 2.28. The summed E-state index contributed by atoms with van der Waals surface area (Å²) in [5, 5.41) is 0. The third-order valence-corrected chi connectivity index (χ3v) is 4.85. The lowest BCUT2D eigenvalue weighted by atomic mass is 9.97. The summed E-state index contributed by atoms with van der Waals surface area (Å²) in [6.45, 7) is 4.46. The van der Waals surface area contributed by atoms with Crippen LogP contribution in [0.25, 0.3) is 0 Å². The Morgan fingerprint density at radius 2 is 2.08 bits per heavy atom. The zero-order chi connectivity index (χ0) is 17.6. The normalized spacial score (nSPS) is 17.8. The highest BCUT2D eigenvalue weighted by Crippen LogP contribution is 2.39. The van der Waals surface area contributed by atoms with Gasteiger partial charge in [0.15, 0.2) is 11.5 Å². The molecule has 1 aromatic carbocycles. The van der Waals surface area contributed by atoms with E-state index in [2.05, 4.69) is 20.5 Å². The quantitative estimate of drug-likeness (QED) is 0.736. The van der Waals surface area contributed by atoms with Crippen LogP contribution in [-0.2, 0) is 17.8 Å². The first kappa shape index (κ1) is 17.8. The summed E-state index contributed by atoms with van der Waals surface area (Å²) >= 11 is 0. The summed E-state index contributed by atoms with van der Waals surface area (Å²) in [5.41, 5.74) is 1.23. The zero-order valence-corrected chi connectivity index (χ0v) is 15.3. The molecule has 0 spiro atoms. The molecule has 0 amide bonds. The van der Waals surface area contributed by atoms with Crippen LogP contribution in [0.3, 0.4) is 0 Å². The number of likely N-dealkylation sites (tertiary alicyclic amines) is 1. The van der Waals surface area contributed by atoms with Crippen molar-refractivity contribution in [2.45, 2.75) is 25.4 Å². The molecule has 3 rings (SSSR count). The average Bonchev–Trinajstić information content (AvgIpc) is 3.29. The van der Waals surface area contributed by atoms with Gasteiger partial charge in [0.1, 0.15) is 5.82 Å². The van der Waals surface area contributed by atoms with Crippen LogP contribution < -0.4 is 9.47 Å². The summed E-state index contributed by atoms with van der Waals surface area (Å²) in [6, 6.07) is 6.13. The molecule has 1 fully saturated rings. The Kier molecular flexibility index (Phi) is 5.94. The van der Waals surface area contributed by atoms with Gasteiger partial charge in [-0.2, -0.15) is 0 Å². The highest BCUT2D eigenvalue weighted by molar-refractivity contribution is 5.48. The van der Waals surface area contributed by atoms with Gasteiger partial charge in [-0.25, -0.2) is 4.98 Å². The van der Waals surface area contributed by atoms with Crippen molar-refractivity contribution in [2.24, 2.45) is 0 Å². The second kappa shape index (κ2) is 8.36.